The fourth-order valence-corrected chi connectivity index (χ4v) is 4.02. The van der Waals surface area contributed by atoms with E-state index >= 15 is 0 Å². The predicted octanol–water partition coefficient (Wildman–Crippen LogP) is 5.73. The van der Waals surface area contributed by atoms with Crippen LogP contribution in [0.5, 0.6) is 0 Å². The van der Waals surface area contributed by atoms with Gasteiger partial charge >= 0.3 is 0 Å². The number of carbonyl (C=O) groups is 2. The number of carbonyl (C=O) groups excluding carboxylic acids is 2. The number of imide groups is 1. The molecule has 33 heavy (non-hydrogen) atoms. The summed E-state index contributed by atoms with van der Waals surface area (Å²) in [7, 11) is 3.93. The molecule has 0 spiro atoms. The summed E-state index contributed by atoms with van der Waals surface area (Å²) in [5, 5.41) is 3.72. The first-order valence-corrected chi connectivity index (χ1v) is 11.1. The standard InChI is InChI=1S/C27H26ClN3O2/c1-16-9-10-19(15-17(16)2)24-25(29-20-11-13-21(14-12-20)30(4)5)27(33)31(26(24)32)23-8-6-7-22(28)18(23)3/h6-15,29H,1-5H3. The van der Waals surface area contributed by atoms with E-state index in [-0.39, 0.29) is 11.6 Å². The third kappa shape index (κ3) is 4.12. The molecule has 1 aliphatic rings. The topological polar surface area (TPSA) is 52.7 Å². The van der Waals surface area contributed by atoms with E-state index in [4.69, 9.17) is 11.6 Å². The lowest BCUT2D eigenvalue weighted by molar-refractivity contribution is -0.120. The molecule has 0 bridgehead atoms. The van der Waals surface area contributed by atoms with Crippen molar-refractivity contribution in [2.45, 2.75) is 20.8 Å². The molecule has 3 aromatic rings. The van der Waals surface area contributed by atoms with Gasteiger partial charge in [0.25, 0.3) is 11.8 Å². The largest absolute Gasteiger partial charge is 0.378 e. The van der Waals surface area contributed by atoms with Crippen LogP contribution in [0.2, 0.25) is 5.02 Å². The summed E-state index contributed by atoms with van der Waals surface area (Å²) in [6.07, 6.45) is 0. The average molecular weight is 460 g/mol. The van der Waals surface area contributed by atoms with Crippen LogP contribution in [-0.4, -0.2) is 25.9 Å². The highest BCUT2D eigenvalue weighted by Gasteiger charge is 2.41. The number of nitrogens with one attached hydrogen (secondary N) is 1. The smallest absolute Gasteiger partial charge is 0.282 e. The molecular formula is C27H26ClN3O2. The fraction of sp³-hybridized carbons (Fsp3) is 0.185. The summed E-state index contributed by atoms with van der Waals surface area (Å²) in [5.41, 5.74) is 6.39. The maximum absolute atomic E-state index is 13.7. The van der Waals surface area contributed by atoms with Crippen LogP contribution in [0.25, 0.3) is 5.57 Å². The summed E-state index contributed by atoms with van der Waals surface area (Å²) >= 11 is 6.30. The number of hydrogen-bond acceptors (Lipinski definition) is 4. The number of rotatable bonds is 5. The summed E-state index contributed by atoms with van der Waals surface area (Å²) in [6.45, 7) is 5.81. The average Bonchev–Trinajstić information content (AvgIpc) is 3.02. The number of halogens is 1. The maximum atomic E-state index is 13.7. The molecule has 5 nitrogen and oxygen atoms in total. The molecule has 0 saturated carbocycles. The second kappa shape index (κ2) is 8.75. The van der Waals surface area contributed by atoms with E-state index in [1.54, 1.807) is 25.1 Å². The Labute approximate surface area is 199 Å². The lowest BCUT2D eigenvalue weighted by Crippen LogP contribution is -2.33. The Balaban J connectivity index is 1.83. The Morgan fingerprint density at radius 1 is 0.848 bits per heavy atom. The van der Waals surface area contributed by atoms with E-state index in [2.05, 4.69) is 5.32 Å². The van der Waals surface area contributed by atoms with E-state index in [9.17, 15) is 9.59 Å². The van der Waals surface area contributed by atoms with Gasteiger partial charge in [0.2, 0.25) is 0 Å². The van der Waals surface area contributed by atoms with E-state index < -0.39 is 5.91 Å². The predicted molar refractivity (Wildman–Crippen MR) is 136 cm³/mol. The number of benzene rings is 3. The van der Waals surface area contributed by atoms with E-state index in [0.29, 0.717) is 27.4 Å². The van der Waals surface area contributed by atoms with Gasteiger partial charge in [0, 0.05) is 30.5 Å². The minimum Gasteiger partial charge on any atom is -0.378 e. The second-order valence-corrected chi connectivity index (χ2v) is 8.85. The van der Waals surface area contributed by atoms with Gasteiger partial charge in [-0.15, -0.1) is 0 Å². The Kier molecular flexibility index (Phi) is 6.00. The molecule has 0 saturated heterocycles. The van der Waals surface area contributed by atoms with Crippen molar-refractivity contribution in [2.24, 2.45) is 0 Å². The molecule has 0 atom stereocenters. The van der Waals surface area contributed by atoms with Crippen molar-refractivity contribution in [3.05, 3.63) is 93.6 Å². The molecular weight excluding hydrogens is 434 g/mol. The first-order chi connectivity index (χ1) is 15.7. The van der Waals surface area contributed by atoms with Gasteiger partial charge < -0.3 is 10.2 Å². The number of anilines is 3. The van der Waals surface area contributed by atoms with Crippen LogP contribution in [-0.2, 0) is 9.59 Å². The van der Waals surface area contributed by atoms with Gasteiger partial charge in [-0.25, -0.2) is 4.90 Å². The van der Waals surface area contributed by atoms with Crippen LogP contribution in [0.1, 0.15) is 22.3 Å². The van der Waals surface area contributed by atoms with Gasteiger partial charge in [-0.1, -0.05) is 35.9 Å². The molecule has 0 aliphatic carbocycles. The van der Waals surface area contributed by atoms with Crippen molar-refractivity contribution in [3.8, 4) is 0 Å². The Hall–Kier alpha value is -3.57. The Morgan fingerprint density at radius 2 is 1.55 bits per heavy atom. The number of aryl methyl sites for hydroxylation is 2. The molecule has 3 aromatic carbocycles. The third-order valence-electron chi connectivity index (χ3n) is 6.01. The molecule has 4 rings (SSSR count). The number of nitrogens with zero attached hydrogens (tertiary/aromatic N) is 2. The van der Waals surface area contributed by atoms with Crippen LogP contribution in [0.4, 0.5) is 17.1 Å². The minimum absolute atomic E-state index is 0.250. The molecule has 0 fully saturated rings. The van der Waals surface area contributed by atoms with Crippen molar-refractivity contribution < 1.29 is 9.59 Å². The van der Waals surface area contributed by atoms with Crippen LogP contribution in [0, 0.1) is 20.8 Å². The molecule has 0 unspecified atom stereocenters. The van der Waals surface area contributed by atoms with Gasteiger partial charge in [0.1, 0.15) is 5.70 Å². The highest BCUT2D eigenvalue weighted by molar-refractivity contribution is 6.46. The monoisotopic (exact) mass is 459 g/mol. The second-order valence-electron chi connectivity index (χ2n) is 8.45. The Morgan fingerprint density at radius 3 is 2.18 bits per heavy atom. The van der Waals surface area contributed by atoms with Crippen LogP contribution in [0.15, 0.2) is 66.4 Å². The maximum Gasteiger partial charge on any atom is 0.282 e. The van der Waals surface area contributed by atoms with Crippen molar-refractivity contribution in [1.29, 1.82) is 0 Å². The van der Waals surface area contributed by atoms with E-state index in [1.807, 2.05) is 75.3 Å². The highest BCUT2D eigenvalue weighted by Crippen LogP contribution is 2.37. The van der Waals surface area contributed by atoms with E-state index in [0.717, 1.165) is 22.5 Å². The number of amides is 2. The lowest BCUT2D eigenvalue weighted by Gasteiger charge is -2.18. The highest BCUT2D eigenvalue weighted by atomic mass is 35.5. The summed E-state index contributed by atoms with van der Waals surface area (Å²) < 4.78 is 0. The fourth-order valence-electron chi connectivity index (χ4n) is 3.85. The van der Waals surface area contributed by atoms with Crippen LogP contribution in [0.3, 0.4) is 0 Å². The summed E-state index contributed by atoms with van der Waals surface area (Å²) in [6, 6.07) is 18.7. The normalized spacial score (nSPS) is 13.7. The molecule has 168 valence electrons. The zero-order valence-electron chi connectivity index (χ0n) is 19.4. The van der Waals surface area contributed by atoms with Crippen molar-refractivity contribution in [2.75, 3.05) is 29.2 Å². The van der Waals surface area contributed by atoms with Crippen molar-refractivity contribution >= 4 is 46.1 Å². The van der Waals surface area contributed by atoms with Crippen LogP contribution < -0.4 is 15.1 Å². The zero-order chi connectivity index (χ0) is 23.9. The molecule has 0 radical (unpaired) electrons. The molecule has 6 heteroatoms. The molecule has 1 aliphatic heterocycles. The van der Waals surface area contributed by atoms with Gasteiger partial charge in [-0.05, 0) is 79.4 Å². The first-order valence-electron chi connectivity index (χ1n) is 10.7. The quantitative estimate of drug-likeness (QED) is 0.495. The zero-order valence-corrected chi connectivity index (χ0v) is 20.1. The van der Waals surface area contributed by atoms with Gasteiger partial charge in [0.15, 0.2) is 0 Å². The Bertz CT molecular complexity index is 1290. The number of hydrogen-bond donors (Lipinski definition) is 1. The van der Waals surface area contributed by atoms with Gasteiger partial charge in [-0.2, -0.15) is 0 Å². The third-order valence-corrected chi connectivity index (χ3v) is 6.42. The van der Waals surface area contributed by atoms with E-state index in [1.165, 1.54) is 4.90 Å². The lowest BCUT2D eigenvalue weighted by atomic mass is 9.99. The van der Waals surface area contributed by atoms with Gasteiger partial charge in [-0.3, -0.25) is 9.59 Å². The van der Waals surface area contributed by atoms with Crippen molar-refractivity contribution in [3.63, 3.8) is 0 Å². The first kappa shape index (κ1) is 22.6. The molecule has 0 aromatic heterocycles. The molecule has 2 amide bonds. The minimum atomic E-state index is -0.407. The SMILES string of the molecule is Cc1ccc(C2=C(Nc3ccc(N(C)C)cc3)C(=O)N(c3cccc(Cl)c3C)C2=O)cc1C. The van der Waals surface area contributed by atoms with Crippen molar-refractivity contribution in [1.82, 2.24) is 0 Å². The van der Waals surface area contributed by atoms with Gasteiger partial charge in [0.05, 0.1) is 11.3 Å². The molecule has 1 heterocycles. The van der Waals surface area contributed by atoms with Crippen LogP contribution >= 0.6 is 11.6 Å². The summed E-state index contributed by atoms with van der Waals surface area (Å²) in [4.78, 5) is 30.5. The molecule has 1 N–H and O–H groups in total. The summed E-state index contributed by atoms with van der Waals surface area (Å²) in [5.74, 6) is -0.781.